The Labute approximate surface area is 110 Å². The van der Waals surface area contributed by atoms with Crippen LogP contribution < -0.4 is 0 Å². The van der Waals surface area contributed by atoms with Crippen molar-refractivity contribution in [3.05, 3.63) is 48.0 Å². The van der Waals surface area contributed by atoms with Gasteiger partial charge in [-0.05, 0) is 30.5 Å². The lowest BCUT2D eigenvalue weighted by molar-refractivity contribution is 0.0678. The van der Waals surface area contributed by atoms with Crippen molar-refractivity contribution in [3.63, 3.8) is 0 Å². The number of benzene rings is 1. The number of aromatic hydroxyl groups is 1. The normalized spacial score (nSPS) is 9.89. The Morgan fingerprint density at radius 1 is 1.26 bits per heavy atom. The molecule has 6 nitrogen and oxygen atoms in total. The summed E-state index contributed by atoms with van der Waals surface area (Å²) in [6.45, 7) is 0.614. The first kappa shape index (κ1) is 14.7. The third-order valence-electron chi connectivity index (χ3n) is 2.71. The van der Waals surface area contributed by atoms with E-state index >= 15 is 0 Å². The van der Waals surface area contributed by atoms with E-state index in [2.05, 4.69) is 4.98 Å². The molecular weight excluding hydrogens is 248 g/mol. The second kappa shape index (κ2) is 6.55. The SMILES string of the molecule is O.O=C(O)c1nccn1CCCc1ccc(O)cc1. The van der Waals surface area contributed by atoms with E-state index in [1.165, 1.54) is 6.20 Å². The molecule has 0 aliphatic carbocycles. The van der Waals surface area contributed by atoms with Crippen molar-refractivity contribution >= 4 is 5.97 Å². The molecule has 2 aromatic rings. The maximum Gasteiger partial charge on any atom is 0.372 e. The van der Waals surface area contributed by atoms with Gasteiger partial charge in [-0.1, -0.05) is 12.1 Å². The summed E-state index contributed by atoms with van der Waals surface area (Å²) < 4.78 is 1.63. The zero-order chi connectivity index (χ0) is 13.0. The Balaban J connectivity index is 0.00000180. The van der Waals surface area contributed by atoms with E-state index in [0.717, 1.165) is 18.4 Å². The molecule has 0 aliphatic rings. The molecule has 0 saturated carbocycles. The van der Waals surface area contributed by atoms with Crippen molar-refractivity contribution in [2.24, 2.45) is 0 Å². The quantitative estimate of drug-likeness (QED) is 0.842. The number of phenolic OH excluding ortho intramolecular Hbond substituents is 1. The highest BCUT2D eigenvalue weighted by Crippen LogP contribution is 2.11. The van der Waals surface area contributed by atoms with E-state index < -0.39 is 5.97 Å². The van der Waals surface area contributed by atoms with E-state index in [4.69, 9.17) is 10.2 Å². The third kappa shape index (κ3) is 3.82. The number of aromatic nitrogens is 2. The van der Waals surface area contributed by atoms with Crippen LogP contribution in [0, 0.1) is 0 Å². The number of carbonyl (C=O) groups is 1. The van der Waals surface area contributed by atoms with E-state index in [0.29, 0.717) is 6.54 Å². The third-order valence-corrected chi connectivity index (χ3v) is 2.71. The molecule has 0 aliphatic heterocycles. The van der Waals surface area contributed by atoms with Gasteiger partial charge in [0.25, 0.3) is 0 Å². The minimum Gasteiger partial charge on any atom is -0.508 e. The van der Waals surface area contributed by atoms with Crippen LogP contribution in [-0.4, -0.2) is 31.2 Å². The largest absolute Gasteiger partial charge is 0.508 e. The van der Waals surface area contributed by atoms with Gasteiger partial charge in [-0.25, -0.2) is 9.78 Å². The summed E-state index contributed by atoms with van der Waals surface area (Å²) in [5.74, 6) is -0.688. The number of hydrogen-bond donors (Lipinski definition) is 2. The highest BCUT2D eigenvalue weighted by Gasteiger charge is 2.09. The van der Waals surface area contributed by atoms with Crippen LogP contribution in [-0.2, 0) is 13.0 Å². The molecule has 0 unspecified atom stereocenters. The maximum absolute atomic E-state index is 10.8. The van der Waals surface area contributed by atoms with Crippen LogP contribution in [0.4, 0.5) is 0 Å². The predicted octanol–water partition coefficient (Wildman–Crippen LogP) is 1.09. The lowest BCUT2D eigenvalue weighted by Gasteiger charge is -2.05. The molecule has 0 bridgehead atoms. The summed E-state index contributed by atoms with van der Waals surface area (Å²) in [6.07, 6.45) is 4.81. The zero-order valence-electron chi connectivity index (χ0n) is 10.3. The number of carboxylic acid groups (broad SMARTS) is 1. The lowest BCUT2D eigenvalue weighted by Crippen LogP contribution is -2.09. The molecule has 0 saturated heterocycles. The summed E-state index contributed by atoms with van der Waals surface area (Å²) in [7, 11) is 0. The van der Waals surface area contributed by atoms with Crippen molar-refractivity contribution < 1.29 is 20.5 Å². The molecule has 1 aromatic carbocycles. The second-order valence-electron chi connectivity index (χ2n) is 4.02. The Morgan fingerprint density at radius 3 is 2.58 bits per heavy atom. The van der Waals surface area contributed by atoms with Gasteiger partial charge in [-0.2, -0.15) is 0 Å². The first-order chi connectivity index (χ1) is 8.66. The number of aryl methyl sites for hydroxylation is 2. The fourth-order valence-electron chi connectivity index (χ4n) is 1.80. The van der Waals surface area contributed by atoms with Gasteiger partial charge in [0.2, 0.25) is 5.82 Å². The Hall–Kier alpha value is -2.34. The Bertz CT molecular complexity index is 534. The summed E-state index contributed by atoms with van der Waals surface area (Å²) in [5.41, 5.74) is 1.12. The molecule has 0 radical (unpaired) electrons. The van der Waals surface area contributed by atoms with Gasteiger partial charge in [0.15, 0.2) is 0 Å². The minimum absolute atomic E-state index is 0. The molecule has 6 heteroatoms. The summed E-state index contributed by atoms with van der Waals surface area (Å²) >= 11 is 0. The lowest BCUT2D eigenvalue weighted by atomic mass is 10.1. The molecule has 0 amide bonds. The second-order valence-corrected chi connectivity index (χ2v) is 4.02. The molecule has 0 atom stereocenters. The van der Waals surface area contributed by atoms with Crippen molar-refractivity contribution in [2.45, 2.75) is 19.4 Å². The number of phenols is 1. The van der Waals surface area contributed by atoms with Crippen molar-refractivity contribution in [1.82, 2.24) is 9.55 Å². The fraction of sp³-hybridized carbons (Fsp3) is 0.231. The summed E-state index contributed by atoms with van der Waals surface area (Å²) in [4.78, 5) is 14.6. The van der Waals surface area contributed by atoms with Gasteiger partial charge >= 0.3 is 5.97 Å². The smallest absolute Gasteiger partial charge is 0.372 e. The number of imidazole rings is 1. The topological polar surface area (TPSA) is 107 Å². The van der Waals surface area contributed by atoms with Crippen LogP contribution in [0.1, 0.15) is 22.6 Å². The molecule has 0 spiro atoms. The van der Waals surface area contributed by atoms with Gasteiger partial charge in [0, 0.05) is 18.9 Å². The Kier molecular flexibility index (Phi) is 5.08. The van der Waals surface area contributed by atoms with Gasteiger partial charge in [-0.3, -0.25) is 0 Å². The number of nitrogens with zero attached hydrogens (tertiary/aromatic N) is 2. The molecule has 2 rings (SSSR count). The van der Waals surface area contributed by atoms with Crippen molar-refractivity contribution in [3.8, 4) is 5.75 Å². The van der Waals surface area contributed by atoms with Crippen molar-refractivity contribution in [2.75, 3.05) is 0 Å². The van der Waals surface area contributed by atoms with E-state index in [-0.39, 0.29) is 17.1 Å². The van der Waals surface area contributed by atoms with Crippen LogP contribution in [0.5, 0.6) is 5.75 Å². The minimum atomic E-state index is -1.01. The first-order valence-electron chi connectivity index (χ1n) is 5.69. The number of hydrogen-bond acceptors (Lipinski definition) is 3. The molecule has 1 aromatic heterocycles. The van der Waals surface area contributed by atoms with Gasteiger partial charge in [0.1, 0.15) is 5.75 Å². The zero-order valence-corrected chi connectivity index (χ0v) is 10.3. The molecule has 19 heavy (non-hydrogen) atoms. The fourth-order valence-corrected chi connectivity index (χ4v) is 1.80. The van der Waals surface area contributed by atoms with Crippen LogP contribution in [0.25, 0.3) is 0 Å². The van der Waals surface area contributed by atoms with Gasteiger partial charge < -0.3 is 20.3 Å². The van der Waals surface area contributed by atoms with E-state index in [1.807, 2.05) is 12.1 Å². The average molecular weight is 264 g/mol. The Morgan fingerprint density at radius 2 is 1.95 bits per heavy atom. The summed E-state index contributed by atoms with van der Waals surface area (Å²) in [6, 6.07) is 7.02. The summed E-state index contributed by atoms with van der Waals surface area (Å²) in [5, 5.41) is 18.0. The molecule has 102 valence electrons. The highest BCUT2D eigenvalue weighted by molar-refractivity contribution is 5.83. The number of rotatable bonds is 5. The van der Waals surface area contributed by atoms with Crippen LogP contribution in [0.2, 0.25) is 0 Å². The van der Waals surface area contributed by atoms with Gasteiger partial charge in [-0.15, -0.1) is 0 Å². The monoisotopic (exact) mass is 264 g/mol. The van der Waals surface area contributed by atoms with Crippen LogP contribution >= 0.6 is 0 Å². The van der Waals surface area contributed by atoms with Gasteiger partial charge in [0.05, 0.1) is 0 Å². The standard InChI is InChI=1S/C13H14N2O3.H2O/c16-11-5-3-10(4-6-11)2-1-8-15-9-7-14-12(15)13(17)18;/h3-7,9,16H,1-2,8H2,(H,17,18);1H2. The molecule has 0 fully saturated rings. The molecular formula is C13H16N2O4. The van der Waals surface area contributed by atoms with E-state index in [9.17, 15) is 4.79 Å². The van der Waals surface area contributed by atoms with E-state index in [1.54, 1.807) is 22.9 Å². The predicted molar refractivity (Wildman–Crippen MR) is 69.2 cm³/mol. The van der Waals surface area contributed by atoms with Crippen LogP contribution in [0.15, 0.2) is 36.7 Å². The van der Waals surface area contributed by atoms with Crippen LogP contribution in [0.3, 0.4) is 0 Å². The number of carboxylic acids is 1. The first-order valence-corrected chi connectivity index (χ1v) is 5.69. The maximum atomic E-state index is 10.8. The number of aromatic carboxylic acids is 1. The highest BCUT2D eigenvalue weighted by atomic mass is 16.4. The average Bonchev–Trinajstić information content (AvgIpc) is 2.80. The van der Waals surface area contributed by atoms with Crippen molar-refractivity contribution in [1.29, 1.82) is 0 Å². The molecule has 4 N–H and O–H groups in total. The molecule has 1 heterocycles.